The van der Waals surface area contributed by atoms with Crippen molar-refractivity contribution in [2.24, 2.45) is 11.8 Å². The molecule has 0 spiro atoms. The molecular formula is C15H26N4O2. The van der Waals surface area contributed by atoms with E-state index in [0.717, 1.165) is 6.54 Å². The Morgan fingerprint density at radius 3 is 2.48 bits per heavy atom. The monoisotopic (exact) mass is 294 g/mol. The summed E-state index contributed by atoms with van der Waals surface area (Å²) in [6.07, 6.45) is 1.57. The highest BCUT2D eigenvalue weighted by Gasteiger charge is 2.12. The molecule has 0 bridgehead atoms. The van der Waals surface area contributed by atoms with E-state index in [0.29, 0.717) is 17.5 Å². The van der Waals surface area contributed by atoms with E-state index in [4.69, 9.17) is 0 Å². The summed E-state index contributed by atoms with van der Waals surface area (Å²) in [5, 5.41) is 10.0. The average Bonchev–Trinajstić information content (AvgIpc) is 2.38. The van der Waals surface area contributed by atoms with Crippen LogP contribution in [0.3, 0.4) is 0 Å². The molecular weight excluding hydrogens is 268 g/mol. The molecule has 0 aliphatic carbocycles. The number of hydrogen-bond acceptors (Lipinski definition) is 4. The lowest BCUT2D eigenvalue weighted by Crippen LogP contribution is -2.40. The quantitative estimate of drug-likeness (QED) is 0.798. The van der Waals surface area contributed by atoms with Gasteiger partial charge >= 0.3 is 0 Å². The number of nitrogens with zero attached hydrogens (tertiary/aromatic N) is 2. The number of carbonyl (C=O) groups excluding carboxylic acids is 1. The number of anilines is 1. The zero-order valence-corrected chi connectivity index (χ0v) is 13.5. The highest BCUT2D eigenvalue weighted by molar-refractivity contribution is 5.75. The zero-order valence-electron chi connectivity index (χ0n) is 13.5. The SMILES string of the molecule is CC(C)CNc1cnn(CC(=O)NC(C)C(C)C)c(=O)c1. The molecule has 6 nitrogen and oxygen atoms in total. The summed E-state index contributed by atoms with van der Waals surface area (Å²) < 4.78 is 1.17. The van der Waals surface area contributed by atoms with Crippen LogP contribution in [-0.2, 0) is 11.3 Å². The van der Waals surface area contributed by atoms with Gasteiger partial charge in [-0.1, -0.05) is 27.7 Å². The average molecular weight is 294 g/mol. The molecule has 1 aromatic rings. The molecule has 118 valence electrons. The lowest BCUT2D eigenvalue weighted by molar-refractivity contribution is -0.122. The number of aromatic nitrogens is 2. The number of amides is 1. The number of rotatable bonds is 7. The Hall–Kier alpha value is -1.85. The van der Waals surface area contributed by atoms with E-state index >= 15 is 0 Å². The Labute approximate surface area is 125 Å². The van der Waals surface area contributed by atoms with E-state index in [1.165, 1.54) is 10.7 Å². The van der Waals surface area contributed by atoms with E-state index < -0.39 is 0 Å². The maximum Gasteiger partial charge on any atom is 0.269 e. The van der Waals surface area contributed by atoms with Crippen molar-refractivity contribution < 1.29 is 4.79 Å². The van der Waals surface area contributed by atoms with Gasteiger partial charge in [0.1, 0.15) is 6.54 Å². The molecule has 21 heavy (non-hydrogen) atoms. The predicted molar refractivity (Wildman–Crippen MR) is 84.3 cm³/mol. The molecule has 0 radical (unpaired) electrons. The minimum absolute atomic E-state index is 0.0552. The Balaban J connectivity index is 2.64. The Morgan fingerprint density at radius 2 is 1.95 bits per heavy atom. The first-order valence-electron chi connectivity index (χ1n) is 7.40. The van der Waals surface area contributed by atoms with Crippen molar-refractivity contribution in [3.63, 3.8) is 0 Å². The van der Waals surface area contributed by atoms with Gasteiger partial charge in [-0.2, -0.15) is 5.10 Å². The second-order valence-electron chi connectivity index (χ2n) is 6.12. The van der Waals surface area contributed by atoms with Gasteiger partial charge in [-0.25, -0.2) is 4.68 Å². The van der Waals surface area contributed by atoms with Crippen molar-refractivity contribution in [2.45, 2.75) is 47.2 Å². The predicted octanol–water partition coefficient (Wildman–Crippen LogP) is 1.47. The van der Waals surface area contributed by atoms with Crippen LogP contribution in [0.25, 0.3) is 0 Å². The van der Waals surface area contributed by atoms with Crippen LogP contribution in [0.2, 0.25) is 0 Å². The van der Waals surface area contributed by atoms with E-state index in [2.05, 4.69) is 29.6 Å². The zero-order chi connectivity index (χ0) is 16.0. The maximum atomic E-state index is 11.9. The Bertz CT molecular complexity index is 523. The van der Waals surface area contributed by atoms with E-state index in [-0.39, 0.29) is 24.1 Å². The standard InChI is InChI=1S/C15H26N4O2/c1-10(2)7-16-13-6-15(21)19(17-8-13)9-14(20)18-12(5)11(3)4/h6,8,10-12,16H,7,9H2,1-5H3,(H,18,20). The summed E-state index contributed by atoms with van der Waals surface area (Å²) in [6.45, 7) is 10.9. The summed E-state index contributed by atoms with van der Waals surface area (Å²) in [7, 11) is 0. The third-order valence-electron chi connectivity index (χ3n) is 3.27. The molecule has 1 atom stereocenters. The van der Waals surface area contributed by atoms with Crippen LogP contribution in [0.15, 0.2) is 17.1 Å². The van der Waals surface area contributed by atoms with Crippen LogP contribution in [-0.4, -0.2) is 28.3 Å². The van der Waals surface area contributed by atoms with Gasteiger partial charge in [0.05, 0.1) is 11.9 Å². The Kier molecular flexibility index (Phi) is 6.39. The molecule has 1 unspecified atom stereocenters. The van der Waals surface area contributed by atoms with Crippen molar-refractivity contribution >= 4 is 11.6 Å². The second-order valence-corrected chi connectivity index (χ2v) is 6.12. The van der Waals surface area contributed by atoms with Crippen molar-refractivity contribution in [1.29, 1.82) is 0 Å². The highest BCUT2D eigenvalue weighted by Crippen LogP contribution is 2.02. The molecule has 0 aromatic carbocycles. The molecule has 0 saturated heterocycles. The van der Waals surface area contributed by atoms with Crippen LogP contribution >= 0.6 is 0 Å². The lowest BCUT2D eigenvalue weighted by Gasteiger charge is -2.17. The first-order chi connectivity index (χ1) is 9.79. The molecule has 1 aromatic heterocycles. The van der Waals surface area contributed by atoms with Gasteiger partial charge < -0.3 is 10.6 Å². The van der Waals surface area contributed by atoms with Gasteiger partial charge in [-0.15, -0.1) is 0 Å². The van der Waals surface area contributed by atoms with Crippen LogP contribution in [0.4, 0.5) is 5.69 Å². The maximum absolute atomic E-state index is 11.9. The van der Waals surface area contributed by atoms with Gasteiger partial charge in [0, 0.05) is 18.7 Å². The van der Waals surface area contributed by atoms with Gasteiger partial charge in [0.2, 0.25) is 5.91 Å². The molecule has 0 saturated carbocycles. The summed E-state index contributed by atoms with van der Waals surface area (Å²) >= 11 is 0. The molecule has 1 rings (SSSR count). The van der Waals surface area contributed by atoms with Crippen molar-refractivity contribution in [1.82, 2.24) is 15.1 Å². The number of hydrogen-bond donors (Lipinski definition) is 2. The van der Waals surface area contributed by atoms with Crippen molar-refractivity contribution in [2.75, 3.05) is 11.9 Å². The molecule has 1 amide bonds. The third kappa shape index (κ3) is 5.97. The minimum Gasteiger partial charge on any atom is -0.383 e. The minimum atomic E-state index is -0.281. The number of nitrogens with one attached hydrogen (secondary N) is 2. The molecule has 0 aliphatic heterocycles. The lowest BCUT2D eigenvalue weighted by atomic mass is 10.1. The first-order valence-corrected chi connectivity index (χ1v) is 7.40. The van der Waals surface area contributed by atoms with Gasteiger partial charge in [-0.3, -0.25) is 9.59 Å². The second kappa shape index (κ2) is 7.81. The van der Waals surface area contributed by atoms with Gasteiger partial charge in [-0.05, 0) is 18.8 Å². The molecule has 6 heteroatoms. The van der Waals surface area contributed by atoms with Crippen LogP contribution in [0, 0.1) is 11.8 Å². The topological polar surface area (TPSA) is 76.0 Å². The molecule has 0 fully saturated rings. The fraction of sp³-hybridized carbons (Fsp3) is 0.667. The summed E-state index contributed by atoms with van der Waals surface area (Å²) in [6, 6.07) is 1.54. The van der Waals surface area contributed by atoms with Crippen LogP contribution < -0.4 is 16.2 Å². The fourth-order valence-corrected chi connectivity index (χ4v) is 1.57. The normalized spacial score (nSPS) is 12.5. The number of carbonyl (C=O) groups is 1. The van der Waals surface area contributed by atoms with Gasteiger partial charge in [0.25, 0.3) is 5.56 Å². The molecule has 0 aliphatic rings. The highest BCUT2D eigenvalue weighted by atomic mass is 16.2. The van der Waals surface area contributed by atoms with E-state index in [1.807, 2.05) is 20.8 Å². The molecule has 1 heterocycles. The summed E-state index contributed by atoms with van der Waals surface area (Å²) in [5.41, 5.74) is 0.400. The van der Waals surface area contributed by atoms with Crippen LogP contribution in [0.1, 0.15) is 34.6 Å². The van der Waals surface area contributed by atoms with Crippen molar-refractivity contribution in [3.05, 3.63) is 22.6 Å². The van der Waals surface area contributed by atoms with Gasteiger partial charge in [0.15, 0.2) is 0 Å². The first kappa shape index (κ1) is 17.2. The molecule has 2 N–H and O–H groups in total. The summed E-state index contributed by atoms with van der Waals surface area (Å²) in [5.74, 6) is 0.630. The third-order valence-corrected chi connectivity index (χ3v) is 3.27. The van der Waals surface area contributed by atoms with E-state index in [1.54, 1.807) is 6.20 Å². The Morgan fingerprint density at radius 1 is 1.29 bits per heavy atom. The summed E-state index contributed by atoms with van der Waals surface area (Å²) in [4.78, 5) is 23.8. The smallest absolute Gasteiger partial charge is 0.269 e. The van der Waals surface area contributed by atoms with Crippen molar-refractivity contribution in [3.8, 4) is 0 Å². The largest absolute Gasteiger partial charge is 0.383 e. The fourth-order valence-electron chi connectivity index (χ4n) is 1.57. The van der Waals surface area contributed by atoms with Crippen LogP contribution in [0.5, 0.6) is 0 Å². The van der Waals surface area contributed by atoms with E-state index in [9.17, 15) is 9.59 Å².